The molecule has 1 aromatic carbocycles. The molecule has 0 aliphatic heterocycles. The van der Waals surface area contributed by atoms with E-state index in [0.717, 1.165) is 6.26 Å². The van der Waals surface area contributed by atoms with E-state index in [-0.39, 0.29) is 10.6 Å². The first kappa shape index (κ1) is 12.9. The van der Waals surface area contributed by atoms with Gasteiger partial charge in [-0.2, -0.15) is 8.42 Å². The number of sulfonamides is 1. The number of benzene rings is 1. The topological polar surface area (TPSA) is 104 Å². The van der Waals surface area contributed by atoms with Gasteiger partial charge in [-0.15, -0.1) is 0 Å². The molecule has 0 aliphatic rings. The molecule has 0 amide bonds. The zero-order valence-corrected chi connectivity index (χ0v) is 10.3. The number of rotatable bonds is 3. The Hall–Kier alpha value is -1.12. The average Bonchev–Trinajstić information content (AvgIpc) is 2.04. The molecule has 1 rings (SSSR count). The van der Waals surface area contributed by atoms with Crippen molar-refractivity contribution in [3.63, 3.8) is 0 Å². The molecule has 90 valence electrons. The molecule has 0 spiro atoms. The third-order valence-corrected chi connectivity index (χ3v) is 3.12. The minimum atomic E-state index is -4.02. The zero-order valence-electron chi connectivity index (χ0n) is 8.67. The zero-order chi connectivity index (χ0) is 12.6. The van der Waals surface area contributed by atoms with Crippen LogP contribution in [0.5, 0.6) is 5.75 Å². The first-order valence-electron chi connectivity index (χ1n) is 4.13. The van der Waals surface area contributed by atoms with Gasteiger partial charge in [-0.3, -0.25) is 0 Å². The van der Waals surface area contributed by atoms with Crippen LogP contribution in [0.3, 0.4) is 0 Å². The largest absolute Gasteiger partial charge is 0.381 e. The molecule has 0 heterocycles. The first-order chi connectivity index (χ1) is 7.11. The molecule has 6 nitrogen and oxygen atoms in total. The van der Waals surface area contributed by atoms with Gasteiger partial charge < -0.3 is 4.18 Å². The number of primary sulfonamides is 1. The van der Waals surface area contributed by atoms with Crippen molar-refractivity contribution >= 4 is 20.1 Å². The second-order valence-corrected chi connectivity index (χ2v) is 6.34. The SMILES string of the molecule is Cc1cccc(S(N)(=O)=O)c1OS(C)(=O)=O. The summed E-state index contributed by atoms with van der Waals surface area (Å²) in [5.41, 5.74) is 0.372. The molecule has 0 unspecified atom stereocenters. The van der Waals surface area contributed by atoms with Gasteiger partial charge in [-0.1, -0.05) is 12.1 Å². The second kappa shape index (κ2) is 4.04. The van der Waals surface area contributed by atoms with E-state index in [4.69, 9.17) is 5.14 Å². The van der Waals surface area contributed by atoms with Gasteiger partial charge in [0.05, 0.1) is 6.26 Å². The fraction of sp³-hybridized carbons (Fsp3) is 0.250. The summed E-state index contributed by atoms with van der Waals surface area (Å²) in [4.78, 5) is -0.349. The number of aryl methyl sites for hydroxylation is 1. The van der Waals surface area contributed by atoms with Crippen LogP contribution in [-0.2, 0) is 20.1 Å². The first-order valence-corrected chi connectivity index (χ1v) is 7.49. The molecule has 2 N–H and O–H groups in total. The smallest absolute Gasteiger partial charge is 0.306 e. The van der Waals surface area contributed by atoms with Crippen molar-refractivity contribution in [1.29, 1.82) is 0 Å². The Kier molecular flexibility index (Phi) is 3.27. The van der Waals surface area contributed by atoms with Crippen molar-refractivity contribution in [1.82, 2.24) is 0 Å². The molecule has 1 aromatic rings. The number of nitrogens with two attached hydrogens (primary N) is 1. The minimum Gasteiger partial charge on any atom is -0.381 e. The van der Waals surface area contributed by atoms with E-state index in [1.165, 1.54) is 25.1 Å². The monoisotopic (exact) mass is 265 g/mol. The van der Waals surface area contributed by atoms with Gasteiger partial charge >= 0.3 is 10.1 Å². The molecular formula is C8H11NO5S2. The maximum Gasteiger partial charge on any atom is 0.306 e. The average molecular weight is 265 g/mol. The third kappa shape index (κ3) is 3.19. The van der Waals surface area contributed by atoms with Gasteiger partial charge in [-0.05, 0) is 18.6 Å². The third-order valence-electron chi connectivity index (χ3n) is 1.72. The summed E-state index contributed by atoms with van der Waals surface area (Å²) in [6.45, 7) is 1.52. The lowest BCUT2D eigenvalue weighted by molar-refractivity contribution is 0.483. The van der Waals surface area contributed by atoms with E-state index in [2.05, 4.69) is 4.18 Å². The normalized spacial score (nSPS) is 12.4. The number of hydrogen-bond acceptors (Lipinski definition) is 5. The lowest BCUT2D eigenvalue weighted by Gasteiger charge is -2.10. The van der Waals surface area contributed by atoms with Crippen LogP contribution < -0.4 is 9.32 Å². The predicted molar refractivity (Wildman–Crippen MR) is 58.0 cm³/mol. The van der Waals surface area contributed by atoms with E-state index in [9.17, 15) is 16.8 Å². The Balaban J connectivity index is 3.48. The van der Waals surface area contributed by atoms with Crippen LogP contribution in [0.15, 0.2) is 23.1 Å². The highest BCUT2D eigenvalue weighted by Gasteiger charge is 2.19. The van der Waals surface area contributed by atoms with Crippen molar-refractivity contribution < 1.29 is 21.0 Å². The van der Waals surface area contributed by atoms with Gasteiger partial charge in [0.15, 0.2) is 5.75 Å². The van der Waals surface area contributed by atoms with Gasteiger partial charge in [0.2, 0.25) is 10.0 Å². The molecule has 0 saturated carbocycles. The quantitative estimate of drug-likeness (QED) is 0.773. The maximum atomic E-state index is 11.2. The van der Waals surface area contributed by atoms with Crippen LogP contribution in [0.25, 0.3) is 0 Å². The Bertz CT molecular complexity index is 603. The Morgan fingerprint density at radius 3 is 2.19 bits per heavy atom. The Labute approximate surface area is 94.2 Å². The molecule has 8 heteroatoms. The lowest BCUT2D eigenvalue weighted by atomic mass is 10.2. The van der Waals surface area contributed by atoms with Crippen LogP contribution in [-0.4, -0.2) is 23.1 Å². The molecule has 0 aromatic heterocycles. The Morgan fingerprint density at radius 1 is 1.19 bits per heavy atom. The van der Waals surface area contributed by atoms with Gasteiger partial charge in [0.1, 0.15) is 4.90 Å². The van der Waals surface area contributed by atoms with Crippen LogP contribution in [0, 0.1) is 6.92 Å². The standard InChI is InChI=1S/C8H11NO5S2/c1-6-4-3-5-7(16(9,12)13)8(6)14-15(2,10)11/h3-5H,1-2H3,(H2,9,12,13). The summed E-state index contributed by atoms with van der Waals surface area (Å²) in [6, 6.07) is 4.16. The predicted octanol–water partition coefficient (Wildman–Crippen LogP) is -0.0192. The summed E-state index contributed by atoms with van der Waals surface area (Å²) < 4.78 is 48.9. The summed E-state index contributed by atoms with van der Waals surface area (Å²) in [5, 5.41) is 4.94. The van der Waals surface area contributed by atoms with Crippen molar-refractivity contribution in [2.75, 3.05) is 6.26 Å². The highest BCUT2D eigenvalue weighted by molar-refractivity contribution is 7.89. The summed E-state index contributed by atoms with van der Waals surface area (Å²) in [6.07, 6.45) is 0.826. The van der Waals surface area contributed by atoms with E-state index in [1.807, 2.05) is 0 Å². The van der Waals surface area contributed by atoms with Crippen molar-refractivity contribution in [2.45, 2.75) is 11.8 Å². The number of para-hydroxylation sites is 1. The van der Waals surface area contributed by atoms with Crippen LogP contribution in [0.4, 0.5) is 0 Å². The van der Waals surface area contributed by atoms with Crippen molar-refractivity contribution in [3.8, 4) is 5.75 Å². The summed E-state index contributed by atoms with van der Waals surface area (Å²) >= 11 is 0. The molecule has 16 heavy (non-hydrogen) atoms. The fourth-order valence-corrected chi connectivity index (χ4v) is 2.41. The fourth-order valence-electron chi connectivity index (χ4n) is 1.11. The molecule has 0 radical (unpaired) electrons. The molecule has 0 atom stereocenters. The molecule has 0 saturated heterocycles. The van der Waals surface area contributed by atoms with E-state index in [0.29, 0.717) is 5.56 Å². The van der Waals surface area contributed by atoms with Crippen LogP contribution in [0.1, 0.15) is 5.56 Å². The van der Waals surface area contributed by atoms with E-state index in [1.54, 1.807) is 0 Å². The van der Waals surface area contributed by atoms with Gasteiger partial charge in [0.25, 0.3) is 0 Å². The Morgan fingerprint density at radius 2 is 1.75 bits per heavy atom. The number of hydrogen-bond donors (Lipinski definition) is 1. The van der Waals surface area contributed by atoms with Gasteiger partial charge in [-0.25, -0.2) is 13.6 Å². The highest BCUT2D eigenvalue weighted by Crippen LogP contribution is 2.27. The van der Waals surface area contributed by atoms with E-state index >= 15 is 0 Å². The molecular weight excluding hydrogens is 254 g/mol. The van der Waals surface area contributed by atoms with Gasteiger partial charge in [0, 0.05) is 0 Å². The molecule has 0 aliphatic carbocycles. The van der Waals surface area contributed by atoms with E-state index < -0.39 is 20.1 Å². The summed E-state index contributed by atoms with van der Waals surface area (Å²) in [5.74, 6) is -0.257. The molecule has 0 fully saturated rings. The summed E-state index contributed by atoms with van der Waals surface area (Å²) in [7, 11) is -7.82. The second-order valence-electron chi connectivity index (χ2n) is 3.23. The van der Waals surface area contributed by atoms with Crippen LogP contribution in [0.2, 0.25) is 0 Å². The highest BCUT2D eigenvalue weighted by atomic mass is 32.2. The minimum absolute atomic E-state index is 0.257. The van der Waals surface area contributed by atoms with Crippen molar-refractivity contribution in [2.24, 2.45) is 5.14 Å². The maximum absolute atomic E-state index is 11.2. The van der Waals surface area contributed by atoms with Crippen molar-refractivity contribution in [3.05, 3.63) is 23.8 Å². The lowest BCUT2D eigenvalue weighted by Crippen LogP contribution is -2.16. The van der Waals surface area contributed by atoms with Crippen LogP contribution >= 0.6 is 0 Å². The molecule has 0 bridgehead atoms.